The smallest absolute Gasteiger partial charge is 0.320 e. The van der Waals surface area contributed by atoms with Crippen molar-refractivity contribution in [2.45, 2.75) is 52.1 Å². The van der Waals surface area contributed by atoms with Crippen LogP contribution in [0.3, 0.4) is 0 Å². The molecule has 0 bridgehead atoms. The van der Waals surface area contributed by atoms with Crippen LogP contribution < -0.4 is 0 Å². The molecule has 1 N–H and O–H groups in total. The molecule has 0 spiro atoms. The Labute approximate surface area is 126 Å². The second kappa shape index (κ2) is 9.16. The SMILES string of the molecule is CCC(C)OC(=O)C(CCCCc1ccccc1)C(=O)O. The Hall–Kier alpha value is -1.84. The van der Waals surface area contributed by atoms with Crippen LogP contribution in [-0.2, 0) is 20.7 Å². The molecule has 2 unspecified atom stereocenters. The molecule has 0 saturated heterocycles. The number of aryl methyl sites for hydroxylation is 1. The van der Waals surface area contributed by atoms with Crippen molar-refractivity contribution in [2.24, 2.45) is 5.92 Å². The van der Waals surface area contributed by atoms with E-state index >= 15 is 0 Å². The van der Waals surface area contributed by atoms with Crippen LogP contribution in [0.2, 0.25) is 0 Å². The molecule has 4 heteroatoms. The van der Waals surface area contributed by atoms with Crippen molar-refractivity contribution in [1.82, 2.24) is 0 Å². The van der Waals surface area contributed by atoms with Crippen molar-refractivity contribution < 1.29 is 19.4 Å². The number of esters is 1. The van der Waals surface area contributed by atoms with E-state index in [0.717, 1.165) is 12.8 Å². The van der Waals surface area contributed by atoms with E-state index < -0.39 is 17.9 Å². The number of carbonyl (C=O) groups is 2. The highest BCUT2D eigenvalue weighted by molar-refractivity contribution is 5.93. The maximum atomic E-state index is 11.8. The van der Waals surface area contributed by atoms with Crippen molar-refractivity contribution in [3.63, 3.8) is 0 Å². The summed E-state index contributed by atoms with van der Waals surface area (Å²) in [6, 6.07) is 10.0. The van der Waals surface area contributed by atoms with E-state index in [0.29, 0.717) is 19.3 Å². The van der Waals surface area contributed by atoms with Gasteiger partial charge in [-0.1, -0.05) is 43.7 Å². The van der Waals surface area contributed by atoms with Gasteiger partial charge in [0.1, 0.15) is 0 Å². The molecular weight excluding hydrogens is 268 g/mol. The fourth-order valence-corrected chi connectivity index (χ4v) is 2.03. The molecule has 21 heavy (non-hydrogen) atoms. The average molecular weight is 292 g/mol. The first-order valence-corrected chi connectivity index (χ1v) is 7.51. The van der Waals surface area contributed by atoms with Crippen LogP contribution in [0.15, 0.2) is 30.3 Å². The van der Waals surface area contributed by atoms with Crippen LogP contribution >= 0.6 is 0 Å². The zero-order valence-corrected chi connectivity index (χ0v) is 12.7. The fraction of sp³-hybridized carbons (Fsp3) is 0.529. The number of ether oxygens (including phenoxy) is 1. The van der Waals surface area contributed by atoms with Gasteiger partial charge in [-0.25, -0.2) is 0 Å². The first-order chi connectivity index (χ1) is 10.0. The summed E-state index contributed by atoms with van der Waals surface area (Å²) < 4.78 is 5.12. The molecule has 0 saturated carbocycles. The fourth-order valence-electron chi connectivity index (χ4n) is 2.03. The lowest BCUT2D eigenvalue weighted by Crippen LogP contribution is -2.28. The van der Waals surface area contributed by atoms with Gasteiger partial charge in [0.25, 0.3) is 0 Å². The van der Waals surface area contributed by atoms with Crippen LogP contribution in [0, 0.1) is 5.92 Å². The summed E-state index contributed by atoms with van der Waals surface area (Å²) >= 11 is 0. The van der Waals surface area contributed by atoms with E-state index in [2.05, 4.69) is 0 Å². The number of carboxylic acids is 1. The summed E-state index contributed by atoms with van der Waals surface area (Å²) in [6.07, 6.45) is 3.24. The molecule has 0 radical (unpaired) electrons. The molecule has 0 aliphatic heterocycles. The summed E-state index contributed by atoms with van der Waals surface area (Å²) in [5.41, 5.74) is 1.23. The first-order valence-electron chi connectivity index (χ1n) is 7.51. The van der Waals surface area contributed by atoms with Crippen LogP contribution in [0.1, 0.15) is 45.1 Å². The highest BCUT2D eigenvalue weighted by Crippen LogP contribution is 2.15. The summed E-state index contributed by atoms with van der Waals surface area (Å²) in [5, 5.41) is 9.14. The molecule has 4 nitrogen and oxygen atoms in total. The lowest BCUT2D eigenvalue weighted by atomic mass is 9.99. The van der Waals surface area contributed by atoms with Gasteiger partial charge in [-0.05, 0) is 38.2 Å². The summed E-state index contributed by atoms with van der Waals surface area (Å²) in [6.45, 7) is 3.67. The van der Waals surface area contributed by atoms with Gasteiger partial charge < -0.3 is 9.84 Å². The van der Waals surface area contributed by atoms with E-state index in [1.807, 2.05) is 37.3 Å². The number of hydrogen-bond donors (Lipinski definition) is 1. The first kappa shape index (κ1) is 17.2. The third kappa shape index (κ3) is 6.43. The molecule has 0 amide bonds. The van der Waals surface area contributed by atoms with E-state index in [9.17, 15) is 9.59 Å². The standard InChI is InChI=1S/C17H24O4/c1-3-13(2)21-17(20)15(16(18)19)12-8-7-11-14-9-5-4-6-10-14/h4-6,9-10,13,15H,3,7-8,11-12H2,1-2H3,(H,18,19). The molecule has 2 atom stereocenters. The lowest BCUT2D eigenvalue weighted by Gasteiger charge is -2.15. The third-order valence-electron chi connectivity index (χ3n) is 3.53. The lowest BCUT2D eigenvalue weighted by molar-refractivity contribution is -0.162. The third-order valence-corrected chi connectivity index (χ3v) is 3.53. The van der Waals surface area contributed by atoms with Gasteiger partial charge in [0.15, 0.2) is 5.92 Å². The van der Waals surface area contributed by atoms with Gasteiger partial charge in [0, 0.05) is 0 Å². The van der Waals surface area contributed by atoms with Crippen LogP contribution in [0.25, 0.3) is 0 Å². The predicted molar refractivity (Wildman–Crippen MR) is 81.0 cm³/mol. The maximum Gasteiger partial charge on any atom is 0.320 e. The molecule has 1 aromatic rings. The average Bonchev–Trinajstić information content (AvgIpc) is 2.47. The monoisotopic (exact) mass is 292 g/mol. The van der Waals surface area contributed by atoms with Gasteiger partial charge >= 0.3 is 11.9 Å². The summed E-state index contributed by atoms with van der Waals surface area (Å²) in [4.78, 5) is 23.0. The number of carbonyl (C=O) groups excluding carboxylic acids is 1. The predicted octanol–water partition coefficient (Wildman–Crippen LogP) is 3.44. The Bertz CT molecular complexity index is 441. The molecule has 0 aromatic heterocycles. The molecule has 0 aliphatic carbocycles. The van der Waals surface area contributed by atoms with Crippen molar-refractivity contribution in [3.05, 3.63) is 35.9 Å². The van der Waals surface area contributed by atoms with E-state index in [1.54, 1.807) is 6.92 Å². The topological polar surface area (TPSA) is 63.6 Å². The zero-order valence-electron chi connectivity index (χ0n) is 12.7. The Balaban J connectivity index is 2.37. The number of unbranched alkanes of at least 4 members (excludes halogenated alkanes) is 1. The molecule has 0 aliphatic rings. The van der Waals surface area contributed by atoms with E-state index in [1.165, 1.54) is 5.56 Å². The number of aliphatic carboxylic acids is 1. The quantitative estimate of drug-likeness (QED) is 0.430. The van der Waals surface area contributed by atoms with Gasteiger partial charge in [0.2, 0.25) is 0 Å². The van der Waals surface area contributed by atoms with Crippen LogP contribution in [0.4, 0.5) is 0 Å². The maximum absolute atomic E-state index is 11.8. The van der Waals surface area contributed by atoms with Gasteiger partial charge in [-0.3, -0.25) is 9.59 Å². The highest BCUT2D eigenvalue weighted by atomic mass is 16.5. The number of carboxylic acid groups (broad SMARTS) is 1. The second-order valence-electron chi connectivity index (χ2n) is 5.28. The van der Waals surface area contributed by atoms with Crippen LogP contribution in [0.5, 0.6) is 0 Å². The molecule has 0 fully saturated rings. The molecule has 1 aromatic carbocycles. The minimum atomic E-state index is -1.09. The number of hydrogen-bond acceptors (Lipinski definition) is 3. The minimum absolute atomic E-state index is 0.233. The largest absolute Gasteiger partial charge is 0.481 e. The summed E-state index contributed by atoms with van der Waals surface area (Å²) in [7, 11) is 0. The highest BCUT2D eigenvalue weighted by Gasteiger charge is 2.28. The Morgan fingerprint density at radius 1 is 1.19 bits per heavy atom. The molecule has 1 rings (SSSR count). The zero-order chi connectivity index (χ0) is 15.7. The van der Waals surface area contributed by atoms with E-state index in [4.69, 9.17) is 9.84 Å². The van der Waals surface area contributed by atoms with Gasteiger partial charge in [0.05, 0.1) is 6.10 Å². The van der Waals surface area contributed by atoms with Crippen molar-refractivity contribution >= 4 is 11.9 Å². The normalized spacial score (nSPS) is 13.4. The molecule has 116 valence electrons. The van der Waals surface area contributed by atoms with Gasteiger partial charge in [-0.2, -0.15) is 0 Å². The Morgan fingerprint density at radius 3 is 2.43 bits per heavy atom. The number of benzene rings is 1. The van der Waals surface area contributed by atoms with Gasteiger partial charge in [-0.15, -0.1) is 0 Å². The Kier molecular flexibility index (Phi) is 7.51. The molecular formula is C17H24O4. The van der Waals surface area contributed by atoms with Crippen molar-refractivity contribution in [2.75, 3.05) is 0 Å². The minimum Gasteiger partial charge on any atom is -0.481 e. The van der Waals surface area contributed by atoms with Crippen molar-refractivity contribution in [1.29, 1.82) is 0 Å². The van der Waals surface area contributed by atoms with E-state index in [-0.39, 0.29) is 6.10 Å². The van der Waals surface area contributed by atoms with Crippen LogP contribution in [-0.4, -0.2) is 23.1 Å². The second-order valence-corrected chi connectivity index (χ2v) is 5.28. The Morgan fingerprint density at radius 2 is 1.86 bits per heavy atom. The summed E-state index contributed by atoms with van der Waals surface area (Å²) in [5.74, 6) is -2.76. The van der Waals surface area contributed by atoms with Crippen molar-refractivity contribution in [3.8, 4) is 0 Å². The molecule has 0 heterocycles. The number of rotatable bonds is 9.